The SMILES string of the molecule is COc1cc(Br)cc(NCCCCC#N)c1. The van der Waals surface area contributed by atoms with Crippen molar-refractivity contribution in [2.24, 2.45) is 0 Å². The molecule has 0 aromatic heterocycles. The van der Waals surface area contributed by atoms with Gasteiger partial charge in [0.15, 0.2) is 0 Å². The maximum Gasteiger partial charge on any atom is 0.122 e. The van der Waals surface area contributed by atoms with Crippen LogP contribution in [-0.4, -0.2) is 13.7 Å². The monoisotopic (exact) mass is 282 g/mol. The lowest BCUT2D eigenvalue weighted by Gasteiger charge is -2.08. The predicted octanol–water partition coefficient (Wildman–Crippen LogP) is 3.56. The topological polar surface area (TPSA) is 45.0 Å². The summed E-state index contributed by atoms with van der Waals surface area (Å²) >= 11 is 3.42. The van der Waals surface area contributed by atoms with Gasteiger partial charge < -0.3 is 10.1 Å². The Kier molecular flexibility index (Phi) is 5.73. The second-order valence-corrected chi connectivity index (χ2v) is 4.34. The molecule has 0 spiro atoms. The van der Waals surface area contributed by atoms with Gasteiger partial charge in [-0.3, -0.25) is 0 Å². The van der Waals surface area contributed by atoms with E-state index in [1.807, 2.05) is 18.2 Å². The molecule has 4 heteroatoms. The van der Waals surface area contributed by atoms with Crippen molar-refractivity contribution in [3.8, 4) is 11.8 Å². The van der Waals surface area contributed by atoms with Crippen LogP contribution in [0.2, 0.25) is 0 Å². The highest BCUT2D eigenvalue weighted by Crippen LogP contribution is 2.24. The number of nitrogens with zero attached hydrogens (tertiary/aromatic N) is 1. The molecule has 0 radical (unpaired) electrons. The van der Waals surface area contributed by atoms with Crippen molar-refractivity contribution >= 4 is 21.6 Å². The fourth-order valence-corrected chi connectivity index (χ4v) is 1.82. The van der Waals surface area contributed by atoms with Crippen molar-refractivity contribution in [1.82, 2.24) is 0 Å². The molecule has 0 aliphatic heterocycles. The Morgan fingerprint density at radius 1 is 1.38 bits per heavy atom. The molecule has 1 aromatic rings. The summed E-state index contributed by atoms with van der Waals surface area (Å²) in [5.74, 6) is 0.828. The van der Waals surface area contributed by atoms with E-state index in [-0.39, 0.29) is 0 Å². The minimum absolute atomic E-state index is 0.628. The summed E-state index contributed by atoms with van der Waals surface area (Å²) in [6.07, 6.45) is 2.57. The van der Waals surface area contributed by atoms with Crippen molar-refractivity contribution in [1.29, 1.82) is 5.26 Å². The van der Waals surface area contributed by atoms with Crippen LogP contribution >= 0.6 is 15.9 Å². The average molecular weight is 283 g/mol. The maximum atomic E-state index is 8.39. The molecule has 0 aliphatic carbocycles. The molecule has 1 N–H and O–H groups in total. The molecule has 0 saturated heterocycles. The highest BCUT2D eigenvalue weighted by atomic mass is 79.9. The van der Waals surface area contributed by atoms with Crippen LogP contribution < -0.4 is 10.1 Å². The van der Waals surface area contributed by atoms with Gasteiger partial charge in [-0.25, -0.2) is 0 Å². The van der Waals surface area contributed by atoms with E-state index >= 15 is 0 Å². The maximum absolute atomic E-state index is 8.39. The molecule has 0 saturated carbocycles. The first-order chi connectivity index (χ1) is 7.76. The summed E-state index contributed by atoms with van der Waals surface area (Å²) < 4.78 is 6.16. The van der Waals surface area contributed by atoms with Gasteiger partial charge in [-0.05, 0) is 25.0 Å². The first-order valence-corrected chi connectivity index (χ1v) is 6.01. The molecule has 16 heavy (non-hydrogen) atoms. The quantitative estimate of drug-likeness (QED) is 0.812. The Morgan fingerprint density at radius 2 is 2.19 bits per heavy atom. The molecule has 0 atom stereocenters. The second-order valence-electron chi connectivity index (χ2n) is 3.42. The predicted molar refractivity (Wildman–Crippen MR) is 68.6 cm³/mol. The van der Waals surface area contributed by atoms with E-state index in [1.165, 1.54) is 0 Å². The lowest BCUT2D eigenvalue weighted by Crippen LogP contribution is -2.01. The highest BCUT2D eigenvalue weighted by Gasteiger charge is 1.98. The van der Waals surface area contributed by atoms with Gasteiger partial charge in [0.25, 0.3) is 0 Å². The number of methoxy groups -OCH3 is 1. The standard InChI is InChI=1S/C12H15BrN2O/c1-16-12-8-10(13)7-11(9-12)15-6-4-2-3-5-14/h7-9,15H,2-4,6H2,1H3. The Bertz CT molecular complexity index is 374. The van der Waals surface area contributed by atoms with Crippen LogP contribution in [0.3, 0.4) is 0 Å². The number of hydrogen-bond donors (Lipinski definition) is 1. The summed E-state index contributed by atoms with van der Waals surface area (Å²) in [6.45, 7) is 0.876. The number of nitrogens with one attached hydrogen (secondary N) is 1. The molecule has 0 heterocycles. The lowest BCUT2D eigenvalue weighted by atomic mass is 10.2. The van der Waals surface area contributed by atoms with E-state index < -0.39 is 0 Å². The normalized spacial score (nSPS) is 9.56. The summed E-state index contributed by atoms with van der Waals surface area (Å²) in [7, 11) is 1.65. The van der Waals surface area contributed by atoms with Crippen molar-refractivity contribution in [3.05, 3.63) is 22.7 Å². The third-order valence-corrected chi connectivity index (χ3v) is 2.61. The molecule has 0 fully saturated rings. The molecule has 1 aromatic carbocycles. The number of hydrogen-bond acceptors (Lipinski definition) is 3. The molecule has 0 unspecified atom stereocenters. The van der Waals surface area contributed by atoms with Gasteiger partial charge in [0.05, 0.1) is 13.2 Å². The highest BCUT2D eigenvalue weighted by molar-refractivity contribution is 9.10. The van der Waals surface area contributed by atoms with Crippen LogP contribution in [0.4, 0.5) is 5.69 Å². The Balaban J connectivity index is 2.41. The van der Waals surface area contributed by atoms with Crippen molar-refractivity contribution in [2.75, 3.05) is 19.0 Å². The number of anilines is 1. The van der Waals surface area contributed by atoms with Gasteiger partial charge in [-0.15, -0.1) is 0 Å². The number of ether oxygens (including phenoxy) is 1. The van der Waals surface area contributed by atoms with Crippen LogP contribution in [0.25, 0.3) is 0 Å². The minimum atomic E-state index is 0.628. The molecule has 3 nitrogen and oxygen atoms in total. The number of rotatable bonds is 6. The number of benzene rings is 1. The number of halogens is 1. The molecular formula is C12H15BrN2O. The van der Waals surface area contributed by atoms with E-state index in [9.17, 15) is 0 Å². The van der Waals surface area contributed by atoms with Crippen LogP contribution in [-0.2, 0) is 0 Å². The van der Waals surface area contributed by atoms with E-state index in [1.54, 1.807) is 7.11 Å². The van der Waals surface area contributed by atoms with Gasteiger partial charge in [0, 0.05) is 29.2 Å². The first-order valence-electron chi connectivity index (χ1n) is 5.21. The molecule has 0 aliphatic rings. The molecular weight excluding hydrogens is 268 g/mol. The van der Waals surface area contributed by atoms with Crippen LogP contribution in [0.1, 0.15) is 19.3 Å². The summed E-state index contributed by atoms with van der Waals surface area (Å²) in [5, 5.41) is 11.7. The second kappa shape index (κ2) is 7.13. The van der Waals surface area contributed by atoms with Gasteiger partial charge >= 0.3 is 0 Å². The number of unbranched alkanes of at least 4 members (excludes halogenated alkanes) is 2. The Morgan fingerprint density at radius 3 is 2.88 bits per heavy atom. The Hall–Kier alpha value is -1.21. The zero-order valence-electron chi connectivity index (χ0n) is 9.29. The first kappa shape index (κ1) is 12.9. The summed E-state index contributed by atoms with van der Waals surface area (Å²) in [5.41, 5.74) is 1.03. The van der Waals surface area contributed by atoms with Gasteiger partial charge in [-0.1, -0.05) is 15.9 Å². The third-order valence-electron chi connectivity index (χ3n) is 2.15. The largest absolute Gasteiger partial charge is 0.497 e. The molecule has 86 valence electrons. The van der Waals surface area contributed by atoms with Crippen LogP contribution in [0.5, 0.6) is 5.75 Å². The van der Waals surface area contributed by atoms with Crippen LogP contribution in [0.15, 0.2) is 22.7 Å². The Labute approximate surface area is 105 Å². The van der Waals surface area contributed by atoms with Crippen LogP contribution in [0, 0.1) is 11.3 Å². The summed E-state index contributed by atoms with van der Waals surface area (Å²) in [6, 6.07) is 8.02. The van der Waals surface area contributed by atoms with E-state index in [0.717, 1.165) is 35.3 Å². The zero-order valence-corrected chi connectivity index (χ0v) is 10.9. The molecule has 0 amide bonds. The fraction of sp³-hybridized carbons (Fsp3) is 0.417. The van der Waals surface area contributed by atoms with Gasteiger partial charge in [-0.2, -0.15) is 5.26 Å². The minimum Gasteiger partial charge on any atom is -0.497 e. The fourth-order valence-electron chi connectivity index (χ4n) is 1.34. The van der Waals surface area contributed by atoms with Crippen molar-refractivity contribution < 1.29 is 4.74 Å². The number of nitriles is 1. The third kappa shape index (κ3) is 4.54. The van der Waals surface area contributed by atoms with Gasteiger partial charge in [0.2, 0.25) is 0 Å². The molecule has 1 rings (SSSR count). The van der Waals surface area contributed by atoms with Crippen molar-refractivity contribution in [3.63, 3.8) is 0 Å². The van der Waals surface area contributed by atoms with E-state index in [2.05, 4.69) is 27.3 Å². The summed E-state index contributed by atoms with van der Waals surface area (Å²) in [4.78, 5) is 0. The average Bonchev–Trinajstić information content (AvgIpc) is 2.28. The zero-order chi connectivity index (χ0) is 11.8. The van der Waals surface area contributed by atoms with E-state index in [4.69, 9.17) is 10.00 Å². The smallest absolute Gasteiger partial charge is 0.122 e. The lowest BCUT2D eigenvalue weighted by molar-refractivity contribution is 0.414. The van der Waals surface area contributed by atoms with E-state index in [0.29, 0.717) is 6.42 Å². The van der Waals surface area contributed by atoms with Crippen molar-refractivity contribution in [2.45, 2.75) is 19.3 Å². The van der Waals surface area contributed by atoms with Gasteiger partial charge in [0.1, 0.15) is 5.75 Å². The molecule has 0 bridgehead atoms.